The van der Waals surface area contributed by atoms with E-state index in [2.05, 4.69) is 19.9 Å². The first-order valence-corrected chi connectivity index (χ1v) is 6.45. The van der Waals surface area contributed by atoms with Crippen LogP contribution in [0.4, 0.5) is 0 Å². The monoisotopic (exact) mass is 298 g/mol. The van der Waals surface area contributed by atoms with Gasteiger partial charge in [0.25, 0.3) is 5.56 Å². The van der Waals surface area contributed by atoms with Crippen molar-refractivity contribution in [3.8, 4) is 0 Å². The van der Waals surface area contributed by atoms with Crippen LogP contribution in [-0.4, -0.2) is 29.1 Å². The lowest BCUT2D eigenvalue weighted by Gasteiger charge is -2.01. The summed E-state index contributed by atoms with van der Waals surface area (Å²) in [5, 5.41) is 0. The number of fused-ring (bicyclic) bond motifs is 3. The van der Waals surface area contributed by atoms with Crippen molar-refractivity contribution in [2.24, 2.45) is 14.1 Å². The van der Waals surface area contributed by atoms with Crippen LogP contribution in [0.3, 0.4) is 0 Å². The molecule has 0 spiro atoms. The highest BCUT2D eigenvalue weighted by Gasteiger charge is 2.12. The molecule has 4 aromatic rings. The molecular formula is C13H10N6O3. The van der Waals surface area contributed by atoms with E-state index in [0.717, 1.165) is 0 Å². The Morgan fingerprint density at radius 2 is 1.50 bits per heavy atom. The first-order valence-electron chi connectivity index (χ1n) is 6.45. The van der Waals surface area contributed by atoms with Crippen LogP contribution >= 0.6 is 0 Å². The van der Waals surface area contributed by atoms with Crippen LogP contribution in [0.2, 0.25) is 0 Å². The van der Waals surface area contributed by atoms with Crippen LogP contribution in [0.5, 0.6) is 0 Å². The van der Waals surface area contributed by atoms with E-state index >= 15 is 0 Å². The summed E-state index contributed by atoms with van der Waals surface area (Å²) in [5.41, 5.74) is 1.10. The zero-order chi connectivity index (χ0) is 15.6. The van der Waals surface area contributed by atoms with Gasteiger partial charge in [-0.25, -0.2) is 19.6 Å². The molecule has 0 atom stereocenters. The molecule has 0 fully saturated rings. The minimum Gasteiger partial charge on any atom is -0.295 e. The second kappa shape index (κ2) is 3.91. The van der Waals surface area contributed by atoms with Crippen LogP contribution in [0, 0.1) is 0 Å². The molecule has 3 aromatic heterocycles. The summed E-state index contributed by atoms with van der Waals surface area (Å²) in [6.45, 7) is 0. The lowest BCUT2D eigenvalue weighted by atomic mass is 10.2. The average Bonchev–Trinajstić information content (AvgIpc) is 2.68. The predicted octanol–water partition coefficient (Wildman–Crippen LogP) is -0.650. The largest absolute Gasteiger partial charge is 0.328 e. The van der Waals surface area contributed by atoms with Gasteiger partial charge in [0.2, 0.25) is 0 Å². The third kappa shape index (κ3) is 1.50. The molecule has 9 heteroatoms. The van der Waals surface area contributed by atoms with E-state index in [4.69, 9.17) is 0 Å². The topological polar surface area (TPSA) is 118 Å². The number of H-pyrrole nitrogens is 2. The van der Waals surface area contributed by atoms with E-state index in [0.29, 0.717) is 22.1 Å². The summed E-state index contributed by atoms with van der Waals surface area (Å²) in [5.74, 6) is 0. The zero-order valence-corrected chi connectivity index (χ0v) is 11.7. The van der Waals surface area contributed by atoms with Crippen molar-refractivity contribution >= 4 is 33.2 Å². The third-order valence-corrected chi connectivity index (χ3v) is 3.73. The van der Waals surface area contributed by atoms with E-state index in [1.807, 2.05) is 0 Å². The molecule has 0 radical (unpaired) electrons. The molecule has 110 valence electrons. The van der Waals surface area contributed by atoms with E-state index in [-0.39, 0.29) is 16.9 Å². The van der Waals surface area contributed by atoms with Gasteiger partial charge in [0.15, 0.2) is 11.2 Å². The molecule has 0 aliphatic heterocycles. The van der Waals surface area contributed by atoms with Gasteiger partial charge in [0.1, 0.15) is 0 Å². The highest BCUT2D eigenvalue weighted by atomic mass is 16.2. The van der Waals surface area contributed by atoms with Crippen molar-refractivity contribution in [3.05, 3.63) is 43.5 Å². The highest BCUT2D eigenvalue weighted by Crippen LogP contribution is 2.19. The minimum atomic E-state index is -0.640. The molecule has 22 heavy (non-hydrogen) atoms. The minimum absolute atomic E-state index is 0.0485. The molecule has 0 aliphatic rings. The fraction of sp³-hybridized carbons (Fsp3) is 0.154. The maximum absolute atomic E-state index is 12.0. The van der Waals surface area contributed by atoms with Crippen LogP contribution in [-0.2, 0) is 14.1 Å². The Kier molecular flexibility index (Phi) is 2.22. The second-order valence-corrected chi connectivity index (χ2v) is 5.06. The summed E-state index contributed by atoms with van der Waals surface area (Å²) in [6.07, 6.45) is 0. The van der Waals surface area contributed by atoms with E-state index in [1.165, 1.54) is 9.13 Å². The Hall–Kier alpha value is -3.23. The van der Waals surface area contributed by atoms with Gasteiger partial charge in [-0.15, -0.1) is 0 Å². The Morgan fingerprint density at radius 1 is 0.909 bits per heavy atom. The van der Waals surface area contributed by atoms with Gasteiger partial charge in [-0.05, 0) is 12.1 Å². The maximum Gasteiger partial charge on any atom is 0.328 e. The number of aryl methyl sites for hydroxylation is 2. The number of aromatic nitrogens is 6. The first kappa shape index (κ1) is 12.5. The van der Waals surface area contributed by atoms with Crippen LogP contribution in [0.1, 0.15) is 0 Å². The summed E-state index contributed by atoms with van der Waals surface area (Å²) in [4.78, 5) is 48.2. The molecule has 0 saturated heterocycles. The molecule has 0 amide bonds. The third-order valence-electron chi connectivity index (χ3n) is 3.73. The van der Waals surface area contributed by atoms with Gasteiger partial charge in [-0.2, -0.15) is 0 Å². The van der Waals surface area contributed by atoms with Crippen LogP contribution < -0.4 is 16.9 Å². The Morgan fingerprint density at radius 3 is 2.14 bits per heavy atom. The van der Waals surface area contributed by atoms with Crippen molar-refractivity contribution < 1.29 is 0 Å². The normalized spacial score (nSPS) is 11.7. The summed E-state index contributed by atoms with van der Waals surface area (Å²) >= 11 is 0. The molecule has 3 heterocycles. The predicted molar refractivity (Wildman–Crippen MR) is 80.0 cm³/mol. The van der Waals surface area contributed by atoms with Gasteiger partial charge in [0, 0.05) is 14.1 Å². The molecule has 4 rings (SSSR count). The smallest absolute Gasteiger partial charge is 0.295 e. The van der Waals surface area contributed by atoms with Crippen molar-refractivity contribution in [1.29, 1.82) is 0 Å². The van der Waals surface area contributed by atoms with Crippen LogP contribution in [0.25, 0.3) is 33.2 Å². The number of imidazole rings is 1. The molecule has 1 aromatic carbocycles. The Labute approximate surface area is 120 Å². The number of nitrogens with one attached hydrogen (secondary N) is 2. The summed E-state index contributed by atoms with van der Waals surface area (Å²) in [7, 11) is 3.33. The molecule has 0 saturated carbocycles. The van der Waals surface area contributed by atoms with Gasteiger partial charge in [-0.3, -0.25) is 23.9 Å². The Bertz CT molecular complexity index is 1260. The van der Waals surface area contributed by atoms with Gasteiger partial charge in [0.05, 0.1) is 22.1 Å². The van der Waals surface area contributed by atoms with E-state index in [1.54, 1.807) is 26.2 Å². The lowest BCUT2D eigenvalue weighted by molar-refractivity contribution is 0.795. The van der Waals surface area contributed by atoms with Crippen molar-refractivity contribution in [2.45, 2.75) is 0 Å². The highest BCUT2D eigenvalue weighted by molar-refractivity contribution is 5.94. The van der Waals surface area contributed by atoms with E-state index in [9.17, 15) is 14.4 Å². The number of benzene rings is 1. The first-order chi connectivity index (χ1) is 10.5. The van der Waals surface area contributed by atoms with Crippen molar-refractivity contribution in [3.63, 3.8) is 0 Å². The average molecular weight is 298 g/mol. The van der Waals surface area contributed by atoms with E-state index < -0.39 is 11.2 Å². The molecule has 2 N–H and O–H groups in total. The standard InChI is InChI=1S/C13H10N6O3/c1-18-7-3-5-6(4-8(7)19(2)13(18)22)15-10-9(14-5)11(20)17-12(21)16-10/h3-4H,1-2H3,(H2,15,16,17,20,21). The lowest BCUT2D eigenvalue weighted by Crippen LogP contribution is -2.23. The van der Waals surface area contributed by atoms with Crippen LogP contribution in [0.15, 0.2) is 26.5 Å². The van der Waals surface area contributed by atoms with Gasteiger partial charge >= 0.3 is 11.4 Å². The fourth-order valence-electron chi connectivity index (χ4n) is 2.60. The summed E-state index contributed by atoms with van der Waals surface area (Å²) < 4.78 is 3.00. The SMILES string of the molecule is Cn1c(=O)n(C)c2cc3nc4c(=O)[nH]c(=O)[nH]c4nc3cc21. The molecule has 0 unspecified atom stereocenters. The molecule has 0 bridgehead atoms. The molecular weight excluding hydrogens is 288 g/mol. The number of hydrogen-bond donors (Lipinski definition) is 2. The maximum atomic E-state index is 12.0. The zero-order valence-electron chi connectivity index (χ0n) is 11.7. The second-order valence-electron chi connectivity index (χ2n) is 5.06. The number of hydrogen-bond acceptors (Lipinski definition) is 5. The number of rotatable bonds is 0. The quantitative estimate of drug-likeness (QED) is 0.418. The van der Waals surface area contributed by atoms with Crippen molar-refractivity contribution in [2.75, 3.05) is 0 Å². The van der Waals surface area contributed by atoms with Gasteiger partial charge in [-0.1, -0.05) is 0 Å². The molecule has 9 nitrogen and oxygen atoms in total. The molecule has 0 aliphatic carbocycles. The van der Waals surface area contributed by atoms with Gasteiger partial charge < -0.3 is 0 Å². The number of nitrogens with zero attached hydrogens (tertiary/aromatic N) is 4. The number of aromatic amines is 2. The van der Waals surface area contributed by atoms with Crippen molar-refractivity contribution in [1.82, 2.24) is 29.1 Å². The summed E-state index contributed by atoms with van der Waals surface area (Å²) in [6, 6.07) is 3.40. The fourth-order valence-corrected chi connectivity index (χ4v) is 2.60. The Balaban J connectivity index is 2.27.